The lowest BCUT2D eigenvalue weighted by Gasteiger charge is -2.32. The Labute approximate surface area is 124 Å². The predicted molar refractivity (Wildman–Crippen MR) is 79.0 cm³/mol. The van der Waals surface area contributed by atoms with Crippen LogP contribution in [-0.2, 0) is 14.9 Å². The van der Waals surface area contributed by atoms with Crippen LogP contribution in [0.2, 0.25) is 0 Å². The highest BCUT2D eigenvalue weighted by atomic mass is 19.1. The third-order valence-electron chi connectivity index (χ3n) is 3.35. The van der Waals surface area contributed by atoms with Crippen molar-refractivity contribution in [2.24, 2.45) is 0 Å². The molecule has 2 N–H and O–H groups in total. The molecule has 21 heavy (non-hydrogen) atoms. The number of aliphatic hydroxyl groups excluding tert-OH is 1. The molecule has 1 unspecified atom stereocenters. The van der Waals surface area contributed by atoms with Gasteiger partial charge < -0.3 is 9.84 Å². The molecule has 0 aliphatic heterocycles. The van der Waals surface area contributed by atoms with Gasteiger partial charge in [-0.25, -0.2) is 9.18 Å². The monoisotopic (exact) mass is 295 g/mol. The van der Waals surface area contributed by atoms with E-state index in [4.69, 9.17) is 10.1 Å². The standard InChI is InChI=1S/C16H22FNO3/c1-5-16(10-19,11-6-8-12(17)9-7-11)13(18)14(20)21-15(2,3)4/h6-9,18-19H,5,10H2,1-4H3. The predicted octanol–water partition coefficient (Wildman–Crippen LogP) is 2.83. The topological polar surface area (TPSA) is 70.4 Å². The number of rotatable bonds is 5. The van der Waals surface area contributed by atoms with Gasteiger partial charge in [-0.1, -0.05) is 19.1 Å². The molecule has 1 rings (SSSR count). The summed E-state index contributed by atoms with van der Waals surface area (Å²) in [5.41, 5.74) is -1.71. The smallest absolute Gasteiger partial charge is 0.353 e. The third-order valence-corrected chi connectivity index (χ3v) is 3.35. The molecule has 1 atom stereocenters. The summed E-state index contributed by atoms with van der Waals surface area (Å²) in [6.07, 6.45) is 0.327. The van der Waals surface area contributed by atoms with Crippen LogP contribution in [0.15, 0.2) is 24.3 Å². The van der Waals surface area contributed by atoms with Crippen molar-refractivity contribution in [3.05, 3.63) is 35.6 Å². The number of esters is 1. The number of aliphatic hydroxyl groups is 1. The van der Waals surface area contributed by atoms with Gasteiger partial charge >= 0.3 is 5.97 Å². The summed E-state index contributed by atoms with van der Waals surface area (Å²) in [6.45, 7) is 6.47. The van der Waals surface area contributed by atoms with E-state index in [1.807, 2.05) is 0 Å². The normalized spacial score (nSPS) is 14.4. The molecule has 116 valence electrons. The van der Waals surface area contributed by atoms with E-state index in [1.165, 1.54) is 24.3 Å². The highest BCUT2D eigenvalue weighted by Gasteiger charge is 2.40. The van der Waals surface area contributed by atoms with Crippen molar-refractivity contribution < 1.29 is 19.0 Å². The van der Waals surface area contributed by atoms with E-state index in [0.717, 1.165) is 0 Å². The molecule has 1 aromatic carbocycles. The second-order valence-corrected chi connectivity index (χ2v) is 5.98. The van der Waals surface area contributed by atoms with Gasteiger partial charge in [-0.2, -0.15) is 0 Å². The first-order valence-corrected chi connectivity index (χ1v) is 6.85. The van der Waals surface area contributed by atoms with Gasteiger partial charge in [-0.15, -0.1) is 0 Å². The summed E-state index contributed by atoms with van der Waals surface area (Å²) in [4.78, 5) is 12.1. The van der Waals surface area contributed by atoms with Gasteiger partial charge in [-0.05, 0) is 44.9 Å². The molecule has 1 aromatic rings. The number of hydrogen-bond donors (Lipinski definition) is 2. The average molecular weight is 295 g/mol. The summed E-state index contributed by atoms with van der Waals surface area (Å²) in [7, 11) is 0. The van der Waals surface area contributed by atoms with Crippen LogP contribution in [0, 0.1) is 11.2 Å². The SMILES string of the molecule is CCC(CO)(C(=N)C(=O)OC(C)(C)C)c1ccc(F)cc1. The molecule has 0 bridgehead atoms. The van der Waals surface area contributed by atoms with E-state index < -0.39 is 29.4 Å². The van der Waals surface area contributed by atoms with Crippen molar-refractivity contribution in [1.29, 1.82) is 5.41 Å². The van der Waals surface area contributed by atoms with E-state index in [0.29, 0.717) is 12.0 Å². The summed E-state index contributed by atoms with van der Waals surface area (Å²) in [6, 6.07) is 5.46. The van der Waals surface area contributed by atoms with Crippen LogP contribution in [0.25, 0.3) is 0 Å². The van der Waals surface area contributed by atoms with Crippen molar-refractivity contribution >= 4 is 11.7 Å². The summed E-state index contributed by atoms with van der Waals surface area (Å²) in [5, 5.41) is 17.9. The van der Waals surface area contributed by atoms with Gasteiger partial charge in [0.15, 0.2) is 0 Å². The molecule has 0 heterocycles. The zero-order chi connectivity index (χ0) is 16.3. The Kier molecular flexibility index (Phi) is 5.23. The number of carbonyl (C=O) groups is 1. The molecule has 0 spiro atoms. The average Bonchev–Trinajstić information content (AvgIpc) is 2.40. The Morgan fingerprint density at radius 3 is 2.19 bits per heavy atom. The Morgan fingerprint density at radius 1 is 1.29 bits per heavy atom. The molecule has 0 aromatic heterocycles. The van der Waals surface area contributed by atoms with Crippen molar-refractivity contribution in [1.82, 2.24) is 0 Å². The van der Waals surface area contributed by atoms with E-state index >= 15 is 0 Å². The van der Waals surface area contributed by atoms with Crippen molar-refractivity contribution in [2.45, 2.75) is 45.1 Å². The fraction of sp³-hybridized carbons (Fsp3) is 0.500. The number of halogens is 1. The van der Waals surface area contributed by atoms with Gasteiger partial charge in [0.05, 0.1) is 12.0 Å². The number of nitrogens with one attached hydrogen (secondary N) is 1. The molecule has 5 heteroatoms. The summed E-state index contributed by atoms with van der Waals surface area (Å²) in [5.74, 6) is -1.19. The van der Waals surface area contributed by atoms with Crippen molar-refractivity contribution in [3.63, 3.8) is 0 Å². The van der Waals surface area contributed by atoms with Crippen molar-refractivity contribution in [2.75, 3.05) is 6.61 Å². The Balaban J connectivity index is 3.18. The first-order chi connectivity index (χ1) is 9.66. The minimum absolute atomic E-state index is 0.325. The van der Waals surface area contributed by atoms with Crippen molar-refractivity contribution in [3.8, 4) is 0 Å². The van der Waals surface area contributed by atoms with Crippen LogP contribution in [0.5, 0.6) is 0 Å². The van der Waals surface area contributed by atoms with Gasteiger partial charge in [0.2, 0.25) is 0 Å². The number of benzene rings is 1. The maximum atomic E-state index is 13.1. The minimum atomic E-state index is -1.18. The molecule has 0 amide bonds. The van der Waals surface area contributed by atoms with Crippen LogP contribution in [0.1, 0.15) is 39.7 Å². The second-order valence-electron chi connectivity index (χ2n) is 5.98. The van der Waals surface area contributed by atoms with Crippen LogP contribution < -0.4 is 0 Å². The molecule has 0 radical (unpaired) electrons. The quantitative estimate of drug-likeness (QED) is 0.648. The summed E-state index contributed by atoms with van der Waals surface area (Å²) >= 11 is 0. The van der Waals surface area contributed by atoms with Gasteiger partial charge in [0, 0.05) is 0 Å². The molecule has 0 saturated heterocycles. The number of hydrogen-bond acceptors (Lipinski definition) is 4. The Hall–Kier alpha value is -1.75. The largest absolute Gasteiger partial charge is 0.455 e. The lowest BCUT2D eigenvalue weighted by atomic mass is 9.74. The maximum Gasteiger partial charge on any atom is 0.353 e. The summed E-state index contributed by atoms with van der Waals surface area (Å²) < 4.78 is 18.3. The van der Waals surface area contributed by atoms with Crippen LogP contribution in [0.3, 0.4) is 0 Å². The van der Waals surface area contributed by atoms with E-state index in [-0.39, 0.29) is 5.71 Å². The zero-order valence-electron chi connectivity index (χ0n) is 12.9. The molecular weight excluding hydrogens is 273 g/mol. The zero-order valence-corrected chi connectivity index (χ0v) is 12.9. The Morgan fingerprint density at radius 2 is 1.81 bits per heavy atom. The first kappa shape index (κ1) is 17.3. The lowest BCUT2D eigenvalue weighted by molar-refractivity contribution is -0.146. The van der Waals surface area contributed by atoms with E-state index in [2.05, 4.69) is 0 Å². The van der Waals surface area contributed by atoms with Crippen LogP contribution in [0.4, 0.5) is 4.39 Å². The molecule has 0 aliphatic rings. The Bertz CT molecular complexity index is 513. The molecule has 4 nitrogen and oxygen atoms in total. The fourth-order valence-electron chi connectivity index (χ4n) is 2.10. The third kappa shape index (κ3) is 3.88. The highest BCUT2D eigenvalue weighted by molar-refractivity contribution is 6.39. The molecule has 0 fully saturated rings. The molecule has 0 aliphatic carbocycles. The number of ether oxygens (including phenoxy) is 1. The van der Waals surface area contributed by atoms with Crippen LogP contribution in [-0.4, -0.2) is 29.0 Å². The minimum Gasteiger partial charge on any atom is -0.455 e. The van der Waals surface area contributed by atoms with E-state index in [1.54, 1.807) is 27.7 Å². The maximum absolute atomic E-state index is 13.1. The number of carbonyl (C=O) groups excluding carboxylic acids is 1. The molecule has 0 saturated carbocycles. The lowest BCUT2D eigenvalue weighted by Crippen LogP contribution is -2.45. The van der Waals surface area contributed by atoms with Gasteiger partial charge in [0.1, 0.15) is 17.1 Å². The van der Waals surface area contributed by atoms with Gasteiger partial charge in [0.25, 0.3) is 0 Å². The van der Waals surface area contributed by atoms with Gasteiger partial charge in [-0.3, -0.25) is 5.41 Å². The second kappa shape index (κ2) is 6.35. The first-order valence-electron chi connectivity index (χ1n) is 6.85. The highest BCUT2D eigenvalue weighted by Crippen LogP contribution is 2.30. The molecular formula is C16H22FNO3. The fourth-order valence-corrected chi connectivity index (χ4v) is 2.10. The van der Waals surface area contributed by atoms with E-state index in [9.17, 15) is 14.3 Å². The van der Waals surface area contributed by atoms with Crippen LogP contribution >= 0.6 is 0 Å².